The fraction of sp³-hybridized carbons (Fsp3) is 0.467. The van der Waals surface area contributed by atoms with E-state index in [1.807, 2.05) is 0 Å². The number of nitrogens with zero attached hydrogens (tertiary/aromatic N) is 2. The Morgan fingerprint density at radius 3 is 3.00 bits per heavy atom. The summed E-state index contributed by atoms with van der Waals surface area (Å²) in [6.07, 6.45) is 0.982. The predicted molar refractivity (Wildman–Crippen MR) is 90.1 cm³/mol. The van der Waals surface area contributed by atoms with Crippen LogP contribution in [0.5, 0.6) is 0 Å². The van der Waals surface area contributed by atoms with Crippen molar-refractivity contribution < 1.29 is 13.7 Å². The highest BCUT2D eigenvalue weighted by Gasteiger charge is 2.13. The van der Waals surface area contributed by atoms with E-state index in [1.165, 1.54) is 6.07 Å². The van der Waals surface area contributed by atoms with Crippen molar-refractivity contribution in [2.45, 2.75) is 6.42 Å². The zero-order valence-corrected chi connectivity index (χ0v) is 13.5. The number of rotatable bonds is 5. The highest BCUT2D eigenvalue weighted by molar-refractivity contribution is 7.80. The molecule has 1 aliphatic rings. The van der Waals surface area contributed by atoms with Crippen molar-refractivity contribution in [3.63, 3.8) is 0 Å². The lowest BCUT2D eigenvalue weighted by Gasteiger charge is -2.26. The molecule has 2 heterocycles. The Kier molecular flexibility index (Phi) is 5.37. The zero-order valence-electron chi connectivity index (χ0n) is 12.7. The van der Waals surface area contributed by atoms with E-state index in [0.29, 0.717) is 16.3 Å². The molecular formula is C15H19FN4O2S. The molecule has 8 heteroatoms. The Morgan fingerprint density at radius 1 is 1.35 bits per heavy atom. The Bertz CT molecular complexity index is 673. The maximum absolute atomic E-state index is 13.5. The first-order chi connectivity index (χ1) is 11.2. The molecule has 23 heavy (non-hydrogen) atoms. The van der Waals surface area contributed by atoms with Crippen molar-refractivity contribution in [3.05, 3.63) is 24.0 Å². The number of halogens is 1. The SMILES string of the molecule is Fc1cccc2c(NC(=S)NCCCN3CCOCC3)noc12. The Balaban J connectivity index is 1.44. The van der Waals surface area contributed by atoms with E-state index in [-0.39, 0.29) is 5.58 Å². The molecule has 124 valence electrons. The van der Waals surface area contributed by atoms with Gasteiger partial charge in [-0.05, 0) is 37.3 Å². The summed E-state index contributed by atoms with van der Waals surface area (Å²) in [5.41, 5.74) is 0.130. The largest absolute Gasteiger partial charge is 0.379 e. The third kappa shape index (κ3) is 4.15. The number of aromatic nitrogens is 1. The normalized spacial score (nSPS) is 15.7. The molecule has 6 nitrogen and oxygen atoms in total. The fourth-order valence-corrected chi connectivity index (χ4v) is 2.70. The summed E-state index contributed by atoms with van der Waals surface area (Å²) >= 11 is 5.24. The van der Waals surface area contributed by atoms with Crippen LogP contribution < -0.4 is 10.6 Å². The van der Waals surface area contributed by atoms with Crippen LogP contribution in [-0.2, 0) is 4.74 Å². The highest BCUT2D eigenvalue weighted by atomic mass is 32.1. The second-order valence-corrected chi connectivity index (χ2v) is 5.74. The Labute approximate surface area is 138 Å². The van der Waals surface area contributed by atoms with E-state index in [1.54, 1.807) is 12.1 Å². The third-order valence-corrected chi connectivity index (χ3v) is 3.97. The van der Waals surface area contributed by atoms with Gasteiger partial charge in [-0.15, -0.1) is 0 Å². The van der Waals surface area contributed by atoms with Crippen LogP contribution in [0, 0.1) is 5.82 Å². The maximum atomic E-state index is 13.5. The lowest BCUT2D eigenvalue weighted by atomic mass is 10.2. The molecule has 0 aliphatic carbocycles. The molecule has 1 aromatic carbocycles. The van der Waals surface area contributed by atoms with Crippen molar-refractivity contribution in [2.24, 2.45) is 0 Å². The van der Waals surface area contributed by atoms with Crippen LogP contribution in [0.1, 0.15) is 6.42 Å². The van der Waals surface area contributed by atoms with Gasteiger partial charge >= 0.3 is 0 Å². The Hall–Kier alpha value is -1.77. The van der Waals surface area contributed by atoms with E-state index in [2.05, 4.69) is 20.7 Å². The van der Waals surface area contributed by atoms with Crippen LogP contribution in [0.3, 0.4) is 0 Å². The molecule has 2 aromatic rings. The summed E-state index contributed by atoms with van der Waals surface area (Å²) in [7, 11) is 0. The maximum Gasteiger partial charge on any atom is 0.204 e. The molecule has 1 aromatic heterocycles. The molecule has 3 rings (SSSR count). The van der Waals surface area contributed by atoms with Crippen molar-refractivity contribution >= 4 is 34.1 Å². The second kappa shape index (κ2) is 7.67. The fourth-order valence-electron chi connectivity index (χ4n) is 2.50. The van der Waals surface area contributed by atoms with E-state index in [4.69, 9.17) is 21.5 Å². The van der Waals surface area contributed by atoms with E-state index >= 15 is 0 Å². The van der Waals surface area contributed by atoms with Gasteiger partial charge in [0, 0.05) is 19.6 Å². The number of morpholine rings is 1. The molecule has 1 aliphatic heterocycles. The van der Waals surface area contributed by atoms with Crippen LogP contribution >= 0.6 is 12.2 Å². The van der Waals surface area contributed by atoms with E-state index in [9.17, 15) is 4.39 Å². The monoisotopic (exact) mass is 338 g/mol. The molecule has 1 saturated heterocycles. The number of ether oxygens (including phenoxy) is 1. The number of thiocarbonyl (C=S) groups is 1. The van der Waals surface area contributed by atoms with Crippen LogP contribution in [-0.4, -0.2) is 54.6 Å². The molecule has 1 fully saturated rings. The summed E-state index contributed by atoms with van der Waals surface area (Å²) in [6.45, 7) is 5.36. The summed E-state index contributed by atoms with van der Waals surface area (Å²) in [5.74, 6) is -0.0161. The lowest BCUT2D eigenvalue weighted by molar-refractivity contribution is 0.0376. The van der Waals surface area contributed by atoms with Crippen molar-refractivity contribution in [3.8, 4) is 0 Å². The van der Waals surface area contributed by atoms with Crippen molar-refractivity contribution in [1.29, 1.82) is 0 Å². The summed E-state index contributed by atoms with van der Waals surface area (Å²) in [5, 5.41) is 10.9. The molecule has 0 saturated carbocycles. The van der Waals surface area contributed by atoms with E-state index < -0.39 is 5.82 Å². The number of hydrogen-bond acceptors (Lipinski definition) is 5. The topological polar surface area (TPSA) is 62.6 Å². The summed E-state index contributed by atoms with van der Waals surface area (Å²) in [6, 6.07) is 4.68. The highest BCUT2D eigenvalue weighted by Crippen LogP contribution is 2.24. The van der Waals surface area contributed by atoms with Crippen molar-refractivity contribution in [1.82, 2.24) is 15.4 Å². The van der Waals surface area contributed by atoms with Gasteiger partial charge in [-0.2, -0.15) is 0 Å². The van der Waals surface area contributed by atoms with E-state index in [0.717, 1.165) is 45.8 Å². The molecule has 0 radical (unpaired) electrons. The minimum absolute atomic E-state index is 0.130. The zero-order chi connectivity index (χ0) is 16.1. The number of hydrogen-bond donors (Lipinski definition) is 2. The first kappa shape index (κ1) is 16.1. The van der Waals surface area contributed by atoms with Gasteiger partial charge in [-0.3, -0.25) is 4.90 Å². The average Bonchev–Trinajstić information content (AvgIpc) is 2.97. The molecule has 0 spiro atoms. The molecule has 0 amide bonds. The number of anilines is 1. The molecule has 2 N–H and O–H groups in total. The van der Waals surface area contributed by atoms with Gasteiger partial charge < -0.3 is 19.9 Å². The number of benzene rings is 1. The Morgan fingerprint density at radius 2 is 2.17 bits per heavy atom. The first-order valence-electron chi connectivity index (χ1n) is 7.63. The lowest BCUT2D eigenvalue weighted by Crippen LogP contribution is -2.38. The van der Waals surface area contributed by atoms with Gasteiger partial charge in [-0.25, -0.2) is 4.39 Å². The second-order valence-electron chi connectivity index (χ2n) is 5.34. The average molecular weight is 338 g/mol. The van der Waals surface area contributed by atoms with Gasteiger partial charge in [0.25, 0.3) is 0 Å². The van der Waals surface area contributed by atoms with Crippen LogP contribution in [0.4, 0.5) is 10.2 Å². The number of nitrogens with one attached hydrogen (secondary N) is 2. The van der Waals surface area contributed by atoms with Crippen molar-refractivity contribution in [2.75, 3.05) is 44.7 Å². The smallest absolute Gasteiger partial charge is 0.204 e. The number of fused-ring (bicyclic) bond motifs is 1. The minimum Gasteiger partial charge on any atom is -0.379 e. The quantitative estimate of drug-likeness (QED) is 0.638. The molecule has 0 atom stereocenters. The third-order valence-electron chi connectivity index (χ3n) is 3.72. The summed E-state index contributed by atoms with van der Waals surface area (Å²) in [4.78, 5) is 2.37. The molecule has 0 bridgehead atoms. The molecule has 0 unspecified atom stereocenters. The van der Waals surface area contributed by atoms with Gasteiger partial charge in [0.1, 0.15) is 0 Å². The van der Waals surface area contributed by atoms with Crippen LogP contribution in [0.15, 0.2) is 22.7 Å². The standard InChI is InChI=1S/C15H19FN4O2S/c16-12-4-1-3-11-13(12)22-19-14(11)18-15(23)17-5-2-6-20-7-9-21-10-8-20/h1,3-4H,2,5-10H2,(H2,17,18,19,23). The minimum atomic E-state index is -0.438. The molecular weight excluding hydrogens is 319 g/mol. The van der Waals surface area contributed by atoms with Crippen LogP contribution in [0.25, 0.3) is 11.0 Å². The van der Waals surface area contributed by atoms with Gasteiger partial charge in [-0.1, -0.05) is 11.2 Å². The van der Waals surface area contributed by atoms with Gasteiger partial charge in [0.05, 0.1) is 18.6 Å². The van der Waals surface area contributed by atoms with Gasteiger partial charge in [0.15, 0.2) is 16.7 Å². The number of para-hydroxylation sites is 1. The summed E-state index contributed by atoms with van der Waals surface area (Å²) < 4.78 is 23.8. The predicted octanol–water partition coefficient (Wildman–Crippen LogP) is 1.98. The first-order valence-corrected chi connectivity index (χ1v) is 8.04. The van der Waals surface area contributed by atoms with Crippen LogP contribution in [0.2, 0.25) is 0 Å². The van der Waals surface area contributed by atoms with Gasteiger partial charge in [0.2, 0.25) is 5.58 Å².